The van der Waals surface area contributed by atoms with Crippen molar-refractivity contribution < 1.29 is 24.0 Å². The number of methoxy groups -OCH3 is 2. The van der Waals surface area contributed by atoms with Crippen molar-refractivity contribution in [1.29, 1.82) is 0 Å². The summed E-state index contributed by atoms with van der Waals surface area (Å²) in [7, 11) is 2.73. The minimum Gasteiger partial charge on any atom is -0.496 e. The van der Waals surface area contributed by atoms with Gasteiger partial charge in [-0.25, -0.2) is 0 Å². The molecule has 0 spiro atoms. The van der Waals surface area contributed by atoms with Crippen LogP contribution in [0.3, 0.4) is 0 Å². The molecule has 4 atom stereocenters. The summed E-state index contributed by atoms with van der Waals surface area (Å²) in [5.41, 5.74) is 0.00584. The molecule has 5 rings (SSSR count). The smallest absolute Gasteiger partial charge is 0.311 e. The van der Waals surface area contributed by atoms with E-state index in [1.807, 2.05) is 12.2 Å². The second-order valence-electron chi connectivity index (χ2n) is 7.10. The van der Waals surface area contributed by atoms with Gasteiger partial charge in [-0.3, -0.25) is 19.7 Å². The monoisotopic (exact) mass is 385 g/mol. The summed E-state index contributed by atoms with van der Waals surface area (Å²) in [5.74, 6) is -0.877. The molecule has 1 aromatic rings. The lowest BCUT2D eigenvalue weighted by molar-refractivity contribution is -0.385. The molecule has 28 heavy (non-hydrogen) atoms. The Balaban J connectivity index is 1.66. The summed E-state index contributed by atoms with van der Waals surface area (Å²) < 4.78 is 10.3. The quantitative estimate of drug-likeness (QED) is 0.252. The maximum absolute atomic E-state index is 12.8. The first-order valence-electron chi connectivity index (χ1n) is 8.96. The van der Waals surface area contributed by atoms with Gasteiger partial charge in [0.2, 0.25) is 5.75 Å². The van der Waals surface area contributed by atoms with Crippen molar-refractivity contribution in [2.24, 2.45) is 28.8 Å². The van der Waals surface area contributed by atoms with Gasteiger partial charge in [-0.15, -0.1) is 0 Å². The first kappa shape index (κ1) is 18.1. The fourth-order valence-corrected chi connectivity index (χ4v) is 4.44. The van der Waals surface area contributed by atoms with Gasteiger partial charge in [-0.05, 0) is 24.7 Å². The van der Waals surface area contributed by atoms with Crippen LogP contribution in [-0.2, 0) is 9.59 Å². The zero-order valence-electron chi connectivity index (χ0n) is 15.4. The number of allylic oxidation sites excluding steroid dienone is 2. The highest BCUT2D eigenvalue weighted by molar-refractivity contribution is 6.06. The van der Waals surface area contributed by atoms with Crippen molar-refractivity contribution in [3.63, 3.8) is 0 Å². The van der Waals surface area contributed by atoms with Gasteiger partial charge in [-0.2, -0.15) is 10.1 Å². The van der Waals surface area contributed by atoms with E-state index in [2.05, 4.69) is 5.10 Å². The van der Waals surface area contributed by atoms with E-state index in [0.717, 1.165) is 17.9 Å². The van der Waals surface area contributed by atoms with E-state index in [9.17, 15) is 19.7 Å². The Morgan fingerprint density at radius 3 is 2.11 bits per heavy atom. The van der Waals surface area contributed by atoms with Gasteiger partial charge in [0.25, 0.3) is 11.8 Å². The minimum atomic E-state index is -0.584. The molecular weight excluding hydrogens is 366 g/mol. The number of fused-ring (bicyclic) bond motifs is 1. The third kappa shape index (κ3) is 2.65. The lowest BCUT2D eigenvalue weighted by Gasteiger charge is -2.37. The molecule has 1 heterocycles. The third-order valence-corrected chi connectivity index (χ3v) is 5.78. The number of rotatable bonds is 5. The molecule has 2 bridgehead atoms. The van der Waals surface area contributed by atoms with Crippen LogP contribution in [-0.4, -0.2) is 42.2 Å². The van der Waals surface area contributed by atoms with Crippen molar-refractivity contribution in [1.82, 2.24) is 5.01 Å². The van der Waals surface area contributed by atoms with E-state index >= 15 is 0 Å². The fourth-order valence-electron chi connectivity index (χ4n) is 4.44. The fraction of sp³-hybridized carbons (Fsp3) is 0.421. The molecule has 1 saturated carbocycles. The average molecular weight is 385 g/mol. The normalized spacial score (nSPS) is 28.1. The number of nitrogens with zero attached hydrogens (tertiary/aromatic N) is 3. The SMILES string of the molecule is COc1cc(OC)c([N+](=O)[O-])cc1/C=N\N1C(=O)[C@@H]2[C@@H](C1=O)[C@@H]1C=C[C@@H]2CC1. The molecule has 4 aliphatic rings. The molecule has 146 valence electrons. The van der Waals surface area contributed by atoms with E-state index in [0.29, 0.717) is 0 Å². The molecule has 1 aliphatic heterocycles. The number of amides is 2. The molecule has 0 aromatic heterocycles. The van der Waals surface area contributed by atoms with Crippen LogP contribution in [0.15, 0.2) is 29.4 Å². The average Bonchev–Trinajstić information content (AvgIpc) is 2.98. The number of hydrogen-bond donors (Lipinski definition) is 0. The van der Waals surface area contributed by atoms with Crippen LogP contribution >= 0.6 is 0 Å². The summed E-state index contributed by atoms with van der Waals surface area (Å²) in [6.45, 7) is 0. The number of ether oxygens (including phenoxy) is 2. The molecule has 0 unspecified atom stereocenters. The van der Waals surface area contributed by atoms with E-state index in [1.165, 1.54) is 32.6 Å². The van der Waals surface area contributed by atoms with Crippen molar-refractivity contribution in [3.05, 3.63) is 40.0 Å². The van der Waals surface area contributed by atoms with Crippen LogP contribution in [0.5, 0.6) is 11.5 Å². The summed E-state index contributed by atoms with van der Waals surface area (Å²) >= 11 is 0. The topological polar surface area (TPSA) is 111 Å². The number of hydrazone groups is 1. The van der Waals surface area contributed by atoms with Gasteiger partial charge in [0.1, 0.15) is 5.75 Å². The van der Waals surface area contributed by atoms with Gasteiger partial charge in [0, 0.05) is 17.7 Å². The summed E-state index contributed by atoms with van der Waals surface area (Å²) in [4.78, 5) is 36.3. The zero-order valence-corrected chi connectivity index (χ0v) is 15.4. The van der Waals surface area contributed by atoms with Crippen LogP contribution in [0.25, 0.3) is 0 Å². The number of nitro benzene ring substituents is 1. The minimum absolute atomic E-state index is 0.0426. The highest BCUT2D eigenvalue weighted by Gasteiger charge is 2.56. The summed E-state index contributed by atoms with van der Waals surface area (Å²) in [5, 5.41) is 16.2. The maximum Gasteiger partial charge on any atom is 0.311 e. The Hall–Kier alpha value is -3.23. The van der Waals surface area contributed by atoms with Crippen LogP contribution in [0, 0.1) is 33.8 Å². The molecule has 3 aliphatic carbocycles. The molecule has 2 fully saturated rings. The van der Waals surface area contributed by atoms with Gasteiger partial charge >= 0.3 is 5.69 Å². The predicted molar refractivity (Wildman–Crippen MR) is 98.0 cm³/mol. The predicted octanol–water partition coefficient (Wildman–Crippen LogP) is 2.14. The van der Waals surface area contributed by atoms with E-state index < -0.39 is 4.92 Å². The first-order chi connectivity index (χ1) is 13.5. The highest BCUT2D eigenvalue weighted by atomic mass is 16.6. The van der Waals surface area contributed by atoms with E-state index in [4.69, 9.17) is 9.47 Å². The molecule has 2 amide bonds. The Kier molecular flexibility index (Phi) is 4.37. The van der Waals surface area contributed by atoms with Crippen molar-refractivity contribution in [2.75, 3.05) is 14.2 Å². The number of imide groups is 1. The number of hydrogen-bond acceptors (Lipinski definition) is 7. The number of nitro groups is 1. The molecule has 9 heteroatoms. The van der Waals surface area contributed by atoms with E-state index in [-0.39, 0.29) is 58.2 Å². The number of benzene rings is 1. The highest BCUT2D eigenvalue weighted by Crippen LogP contribution is 2.49. The van der Waals surface area contributed by atoms with Crippen LogP contribution in [0.4, 0.5) is 5.69 Å². The Morgan fingerprint density at radius 1 is 1.07 bits per heavy atom. The second-order valence-corrected chi connectivity index (χ2v) is 7.10. The van der Waals surface area contributed by atoms with Crippen molar-refractivity contribution in [2.45, 2.75) is 12.8 Å². The number of carbonyl (C=O) groups excluding carboxylic acids is 2. The zero-order chi connectivity index (χ0) is 20.0. The van der Waals surface area contributed by atoms with Crippen molar-refractivity contribution >= 4 is 23.7 Å². The van der Waals surface area contributed by atoms with Crippen LogP contribution < -0.4 is 9.47 Å². The lowest BCUT2D eigenvalue weighted by atomic mass is 9.63. The molecule has 0 radical (unpaired) electrons. The Labute approximate surface area is 160 Å². The largest absolute Gasteiger partial charge is 0.496 e. The standard InChI is InChI=1S/C19H19N3O6/c1-27-14-8-15(28-2)13(22(25)26)7-12(14)9-20-21-18(23)16-10-3-4-11(6-5-10)17(16)19(21)24/h3-4,7-11,16-17H,5-6H2,1-2H3/b20-9-/t10-,11-,16+,17+/m1/s1. The second kappa shape index (κ2) is 6.74. The Bertz CT molecular complexity index is 892. The first-order valence-corrected chi connectivity index (χ1v) is 8.96. The molecule has 1 aromatic carbocycles. The molecular formula is C19H19N3O6. The summed E-state index contributed by atoms with van der Waals surface area (Å²) in [6, 6.07) is 2.61. The van der Waals surface area contributed by atoms with Gasteiger partial charge in [0.15, 0.2) is 0 Å². The summed E-state index contributed by atoms with van der Waals surface area (Å²) in [6.07, 6.45) is 7.11. The molecule has 1 saturated heterocycles. The van der Waals surface area contributed by atoms with Crippen LogP contribution in [0.1, 0.15) is 18.4 Å². The third-order valence-electron chi connectivity index (χ3n) is 5.78. The van der Waals surface area contributed by atoms with E-state index in [1.54, 1.807) is 0 Å². The molecule has 9 nitrogen and oxygen atoms in total. The lowest BCUT2D eigenvalue weighted by Crippen LogP contribution is -2.38. The van der Waals surface area contributed by atoms with Crippen LogP contribution in [0.2, 0.25) is 0 Å². The van der Waals surface area contributed by atoms with Crippen molar-refractivity contribution in [3.8, 4) is 11.5 Å². The molecule has 0 N–H and O–H groups in total. The number of carbonyl (C=O) groups is 2. The van der Waals surface area contributed by atoms with Gasteiger partial charge in [0.05, 0.1) is 37.2 Å². The maximum atomic E-state index is 12.8. The van der Waals surface area contributed by atoms with Gasteiger partial charge < -0.3 is 9.47 Å². The Morgan fingerprint density at radius 2 is 1.64 bits per heavy atom. The van der Waals surface area contributed by atoms with Gasteiger partial charge in [-0.1, -0.05) is 12.2 Å².